The van der Waals surface area contributed by atoms with Crippen molar-refractivity contribution in [2.45, 2.75) is 19.5 Å². The Kier molecular flexibility index (Phi) is 6.09. The zero-order valence-electron chi connectivity index (χ0n) is 14.7. The Hall–Kier alpha value is -2.76. The molecule has 0 atom stereocenters. The van der Waals surface area contributed by atoms with Crippen molar-refractivity contribution in [1.29, 1.82) is 0 Å². The number of benzene rings is 1. The van der Waals surface area contributed by atoms with Crippen molar-refractivity contribution in [1.82, 2.24) is 20.4 Å². The van der Waals surface area contributed by atoms with E-state index in [0.29, 0.717) is 0 Å². The van der Waals surface area contributed by atoms with Gasteiger partial charge in [-0.1, -0.05) is 24.3 Å². The third-order valence-corrected chi connectivity index (χ3v) is 4.22. The summed E-state index contributed by atoms with van der Waals surface area (Å²) in [5.41, 5.74) is 2.52. The van der Waals surface area contributed by atoms with Crippen LogP contribution in [0.2, 0.25) is 0 Å². The second kappa shape index (κ2) is 8.92. The van der Waals surface area contributed by atoms with E-state index >= 15 is 0 Å². The average Bonchev–Trinajstić information content (AvgIpc) is 3.35. The standard InChI is InChI=1S/C19H26N6/c1-20-19(21-10-4-14-25-15-5-11-23-25)22-16-17-6-8-18(9-7-17)24-12-2-3-13-24/h2-3,5-9,11,15H,4,10,12-14,16H2,1H3,(H2,20,21,22). The van der Waals surface area contributed by atoms with E-state index in [1.807, 2.05) is 16.9 Å². The highest BCUT2D eigenvalue weighted by atomic mass is 15.3. The highest BCUT2D eigenvalue weighted by molar-refractivity contribution is 5.79. The lowest BCUT2D eigenvalue weighted by molar-refractivity contribution is 0.570. The summed E-state index contributed by atoms with van der Waals surface area (Å²) in [6.45, 7) is 4.54. The van der Waals surface area contributed by atoms with E-state index in [9.17, 15) is 0 Å². The normalized spacial score (nSPS) is 14.1. The van der Waals surface area contributed by atoms with Crippen LogP contribution in [0.25, 0.3) is 0 Å². The number of aryl methyl sites for hydroxylation is 1. The molecule has 0 radical (unpaired) electrons. The molecule has 3 rings (SSSR count). The van der Waals surface area contributed by atoms with Crippen LogP contribution in [0.15, 0.2) is 59.9 Å². The molecule has 25 heavy (non-hydrogen) atoms. The van der Waals surface area contributed by atoms with E-state index in [-0.39, 0.29) is 0 Å². The van der Waals surface area contributed by atoms with Crippen molar-refractivity contribution in [2.24, 2.45) is 4.99 Å². The third-order valence-electron chi connectivity index (χ3n) is 4.22. The number of hydrogen-bond donors (Lipinski definition) is 2. The maximum Gasteiger partial charge on any atom is 0.191 e. The van der Waals surface area contributed by atoms with E-state index in [1.165, 1.54) is 11.3 Å². The van der Waals surface area contributed by atoms with Crippen LogP contribution in [0, 0.1) is 0 Å². The molecular formula is C19H26N6. The molecule has 6 heteroatoms. The molecule has 0 amide bonds. The number of rotatable bonds is 7. The quantitative estimate of drug-likeness (QED) is 0.351. The maximum absolute atomic E-state index is 4.27. The van der Waals surface area contributed by atoms with Gasteiger partial charge >= 0.3 is 0 Å². The predicted molar refractivity (Wildman–Crippen MR) is 103 cm³/mol. The topological polar surface area (TPSA) is 57.5 Å². The Bertz CT molecular complexity index is 679. The first-order valence-corrected chi connectivity index (χ1v) is 8.76. The highest BCUT2D eigenvalue weighted by Gasteiger charge is 2.07. The molecule has 2 heterocycles. The van der Waals surface area contributed by atoms with E-state index in [2.05, 4.69) is 62.0 Å². The smallest absolute Gasteiger partial charge is 0.191 e. The average molecular weight is 338 g/mol. The summed E-state index contributed by atoms with van der Waals surface area (Å²) in [5.74, 6) is 0.827. The molecule has 0 unspecified atom stereocenters. The van der Waals surface area contributed by atoms with Gasteiger partial charge in [-0.3, -0.25) is 9.67 Å². The van der Waals surface area contributed by atoms with Crippen molar-refractivity contribution >= 4 is 11.6 Å². The summed E-state index contributed by atoms with van der Waals surface area (Å²) in [5, 5.41) is 10.9. The van der Waals surface area contributed by atoms with E-state index in [1.54, 1.807) is 13.2 Å². The lowest BCUT2D eigenvalue weighted by Crippen LogP contribution is -2.37. The fourth-order valence-electron chi connectivity index (χ4n) is 2.80. The molecule has 132 valence electrons. The second-order valence-corrected chi connectivity index (χ2v) is 6.02. The van der Waals surface area contributed by atoms with Crippen LogP contribution in [0.3, 0.4) is 0 Å². The van der Waals surface area contributed by atoms with Crippen molar-refractivity contribution in [3.8, 4) is 0 Å². The van der Waals surface area contributed by atoms with Gasteiger partial charge in [-0.2, -0.15) is 5.10 Å². The number of nitrogens with one attached hydrogen (secondary N) is 2. The zero-order valence-corrected chi connectivity index (χ0v) is 14.7. The fraction of sp³-hybridized carbons (Fsp3) is 0.368. The Morgan fingerprint density at radius 1 is 1.16 bits per heavy atom. The van der Waals surface area contributed by atoms with Gasteiger partial charge in [0.2, 0.25) is 0 Å². The van der Waals surface area contributed by atoms with Crippen molar-refractivity contribution < 1.29 is 0 Å². The van der Waals surface area contributed by atoms with Crippen LogP contribution >= 0.6 is 0 Å². The number of aliphatic imine (C=N–C) groups is 1. The molecule has 2 N–H and O–H groups in total. The Labute approximate surface area is 149 Å². The molecular weight excluding hydrogens is 312 g/mol. The van der Waals surface area contributed by atoms with Crippen LogP contribution in [0.5, 0.6) is 0 Å². The monoisotopic (exact) mass is 338 g/mol. The zero-order chi connectivity index (χ0) is 17.3. The summed E-state index contributed by atoms with van der Waals surface area (Å²) >= 11 is 0. The lowest BCUT2D eigenvalue weighted by Gasteiger charge is -2.18. The molecule has 1 aliphatic rings. The number of anilines is 1. The molecule has 6 nitrogen and oxygen atoms in total. The lowest BCUT2D eigenvalue weighted by atomic mass is 10.2. The van der Waals surface area contributed by atoms with Crippen molar-refractivity contribution in [2.75, 3.05) is 31.6 Å². The van der Waals surface area contributed by atoms with Gasteiger partial charge in [0.25, 0.3) is 0 Å². The molecule has 0 bridgehead atoms. The summed E-state index contributed by atoms with van der Waals surface area (Å²) in [7, 11) is 1.80. The summed E-state index contributed by atoms with van der Waals surface area (Å²) < 4.78 is 1.94. The Morgan fingerprint density at radius 2 is 1.96 bits per heavy atom. The number of nitrogens with zero attached hydrogens (tertiary/aromatic N) is 4. The Balaban J connectivity index is 1.38. The van der Waals surface area contributed by atoms with Crippen LogP contribution in [-0.2, 0) is 13.1 Å². The Morgan fingerprint density at radius 3 is 2.64 bits per heavy atom. The first kappa shape index (κ1) is 17.1. The van der Waals surface area contributed by atoms with Crippen molar-refractivity contribution in [3.63, 3.8) is 0 Å². The molecule has 0 saturated carbocycles. The van der Waals surface area contributed by atoms with Crippen molar-refractivity contribution in [3.05, 3.63) is 60.4 Å². The van der Waals surface area contributed by atoms with Crippen LogP contribution in [0.4, 0.5) is 5.69 Å². The maximum atomic E-state index is 4.27. The van der Waals surface area contributed by atoms with E-state index in [4.69, 9.17) is 0 Å². The van der Waals surface area contributed by atoms with Gasteiger partial charge in [-0.25, -0.2) is 0 Å². The van der Waals surface area contributed by atoms with Gasteiger partial charge in [-0.15, -0.1) is 0 Å². The van der Waals surface area contributed by atoms with Gasteiger partial charge in [0.1, 0.15) is 0 Å². The molecule has 1 aromatic carbocycles. The molecule has 1 aliphatic heterocycles. The molecule has 0 saturated heterocycles. The van der Waals surface area contributed by atoms with Crippen LogP contribution in [0.1, 0.15) is 12.0 Å². The van der Waals surface area contributed by atoms with E-state index < -0.39 is 0 Å². The van der Waals surface area contributed by atoms with Gasteiger partial charge in [0, 0.05) is 57.9 Å². The SMILES string of the molecule is CN=C(NCCCn1cccn1)NCc1ccc(N2CC=CC2)cc1. The van der Waals surface area contributed by atoms with E-state index in [0.717, 1.165) is 45.1 Å². The fourth-order valence-corrected chi connectivity index (χ4v) is 2.80. The highest BCUT2D eigenvalue weighted by Crippen LogP contribution is 2.17. The van der Waals surface area contributed by atoms with Gasteiger partial charge < -0.3 is 15.5 Å². The first-order chi connectivity index (χ1) is 12.3. The predicted octanol–water partition coefficient (Wildman–Crippen LogP) is 2.01. The van der Waals surface area contributed by atoms with Gasteiger partial charge in [0.15, 0.2) is 5.96 Å². The minimum Gasteiger partial charge on any atom is -0.364 e. The van der Waals surface area contributed by atoms with Gasteiger partial charge in [0.05, 0.1) is 0 Å². The molecule has 1 aromatic heterocycles. The molecule has 0 fully saturated rings. The third kappa shape index (κ3) is 5.11. The minimum absolute atomic E-state index is 0.761. The molecule has 0 aliphatic carbocycles. The van der Waals surface area contributed by atoms with Crippen LogP contribution in [-0.4, -0.2) is 42.4 Å². The second-order valence-electron chi connectivity index (χ2n) is 6.02. The minimum atomic E-state index is 0.761. The first-order valence-electron chi connectivity index (χ1n) is 8.76. The van der Waals surface area contributed by atoms with Gasteiger partial charge in [-0.05, 0) is 30.2 Å². The van der Waals surface area contributed by atoms with Crippen LogP contribution < -0.4 is 15.5 Å². The molecule has 0 spiro atoms. The number of aromatic nitrogens is 2. The largest absolute Gasteiger partial charge is 0.364 e. The number of hydrogen-bond acceptors (Lipinski definition) is 3. The number of guanidine groups is 1. The summed E-state index contributed by atoms with van der Waals surface area (Å²) in [6, 6.07) is 10.7. The summed E-state index contributed by atoms with van der Waals surface area (Å²) in [4.78, 5) is 6.62. The summed E-state index contributed by atoms with van der Waals surface area (Å²) in [6.07, 6.45) is 9.20. The molecule has 2 aromatic rings.